The molecule has 2 fully saturated rings. The van der Waals surface area contributed by atoms with Crippen molar-refractivity contribution in [1.29, 1.82) is 0 Å². The van der Waals surface area contributed by atoms with Gasteiger partial charge in [-0.3, -0.25) is 14.5 Å². The van der Waals surface area contributed by atoms with Gasteiger partial charge in [0, 0.05) is 62.4 Å². The summed E-state index contributed by atoms with van der Waals surface area (Å²) < 4.78 is 7.60. The largest absolute Gasteiger partial charge is 0.390 e. The summed E-state index contributed by atoms with van der Waals surface area (Å²) in [6, 6.07) is 9.46. The molecule has 2 N–H and O–H groups in total. The van der Waals surface area contributed by atoms with Crippen LogP contribution in [0, 0.1) is 0 Å². The van der Waals surface area contributed by atoms with E-state index in [1.165, 1.54) is 7.05 Å². The second-order valence-electron chi connectivity index (χ2n) is 10.3. The number of aliphatic hydroxyl groups excluding tert-OH is 1. The molecule has 38 heavy (non-hydrogen) atoms. The number of aromatic nitrogens is 2. The standard InChI is InChI=1S/C28H31N5O5/c1-29-27(36)25(3-2-8-34)33-12-18-9-17(4-5-23(18)28(33)37)24-10-19(11-31-13-21(35)14-31)22-6-7-32(26(22)30-24)20-15-38-16-20/h4-10,20-21,25,35H,2-3,11-16H2,1H3,(H,29,36). The van der Waals surface area contributed by atoms with E-state index in [0.717, 1.165) is 46.2 Å². The van der Waals surface area contributed by atoms with Crippen LogP contribution in [0.5, 0.6) is 0 Å². The van der Waals surface area contributed by atoms with Gasteiger partial charge >= 0.3 is 0 Å². The van der Waals surface area contributed by atoms with Gasteiger partial charge in [0.2, 0.25) is 5.91 Å². The minimum absolute atomic E-state index is 0.203. The zero-order chi connectivity index (χ0) is 26.4. The van der Waals surface area contributed by atoms with Gasteiger partial charge in [-0.05, 0) is 41.8 Å². The number of hydrogen-bond donors (Lipinski definition) is 2. The topological polar surface area (TPSA) is 117 Å². The number of amides is 2. The number of carbonyl (C=O) groups excluding carboxylic acids is 3. The molecule has 0 radical (unpaired) electrons. The zero-order valence-electron chi connectivity index (χ0n) is 21.3. The van der Waals surface area contributed by atoms with Crippen LogP contribution in [0.15, 0.2) is 36.5 Å². The first kappa shape index (κ1) is 24.7. The Morgan fingerprint density at radius 2 is 2.08 bits per heavy atom. The van der Waals surface area contributed by atoms with Crippen molar-refractivity contribution >= 4 is 29.1 Å². The van der Waals surface area contributed by atoms with Gasteiger partial charge < -0.3 is 29.4 Å². The summed E-state index contributed by atoms with van der Waals surface area (Å²) in [7, 11) is 1.54. The molecular formula is C28H31N5O5. The van der Waals surface area contributed by atoms with E-state index in [4.69, 9.17) is 9.72 Å². The van der Waals surface area contributed by atoms with E-state index in [1.54, 1.807) is 4.90 Å². The number of nitrogens with zero attached hydrogens (tertiary/aromatic N) is 4. The molecule has 2 saturated heterocycles. The van der Waals surface area contributed by atoms with Gasteiger partial charge in [-0.1, -0.05) is 6.07 Å². The van der Waals surface area contributed by atoms with Gasteiger partial charge in [-0.2, -0.15) is 0 Å². The van der Waals surface area contributed by atoms with Gasteiger partial charge in [0.25, 0.3) is 5.91 Å². The maximum atomic E-state index is 13.2. The fourth-order valence-corrected chi connectivity index (χ4v) is 5.64. The molecule has 0 bridgehead atoms. The predicted molar refractivity (Wildman–Crippen MR) is 139 cm³/mol. The molecule has 2 aromatic heterocycles. The van der Waals surface area contributed by atoms with E-state index in [-0.39, 0.29) is 36.8 Å². The summed E-state index contributed by atoms with van der Waals surface area (Å²) in [6.07, 6.45) is 3.06. The van der Waals surface area contributed by atoms with E-state index >= 15 is 0 Å². The van der Waals surface area contributed by atoms with Gasteiger partial charge in [0.05, 0.1) is 31.1 Å². The molecule has 10 nitrogen and oxygen atoms in total. The summed E-state index contributed by atoms with van der Waals surface area (Å²) in [5.74, 6) is -0.479. The highest BCUT2D eigenvalue weighted by atomic mass is 16.5. The second-order valence-corrected chi connectivity index (χ2v) is 10.3. The number of nitrogens with one attached hydrogen (secondary N) is 1. The Labute approximate surface area is 220 Å². The summed E-state index contributed by atoms with van der Waals surface area (Å²) in [6.45, 7) is 3.66. The number of likely N-dealkylation sites (tertiary alicyclic amines) is 1. The van der Waals surface area contributed by atoms with E-state index in [1.807, 2.05) is 18.2 Å². The first-order chi connectivity index (χ1) is 18.5. The molecule has 1 atom stereocenters. The Morgan fingerprint density at radius 3 is 2.76 bits per heavy atom. The van der Waals surface area contributed by atoms with Crippen molar-refractivity contribution in [2.75, 3.05) is 33.4 Å². The average molecular weight is 518 g/mol. The zero-order valence-corrected chi connectivity index (χ0v) is 21.3. The number of aldehydes is 1. The van der Waals surface area contributed by atoms with Crippen molar-refractivity contribution < 1.29 is 24.2 Å². The third-order valence-corrected chi connectivity index (χ3v) is 7.83. The molecule has 6 rings (SSSR count). The molecule has 3 aromatic rings. The lowest BCUT2D eigenvalue weighted by atomic mass is 10.0. The fraction of sp³-hybridized carbons (Fsp3) is 0.429. The molecule has 2 amide bonds. The Balaban J connectivity index is 1.35. The summed E-state index contributed by atoms with van der Waals surface area (Å²) in [4.78, 5) is 45.5. The Bertz CT molecular complexity index is 1410. The van der Waals surface area contributed by atoms with Gasteiger partial charge in [-0.15, -0.1) is 0 Å². The molecular weight excluding hydrogens is 486 g/mol. The number of hydrogen-bond acceptors (Lipinski definition) is 7. The van der Waals surface area contributed by atoms with E-state index in [2.05, 4.69) is 33.1 Å². The number of benzene rings is 1. The third-order valence-electron chi connectivity index (χ3n) is 7.83. The molecule has 0 spiro atoms. The van der Waals surface area contributed by atoms with Crippen molar-refractivity contribution in [1.82, 2.24) is 24.7 Å². The van der Waals surface area contributed by atoms with Crippen LogP contribution in [-0.2, 0) is 27.4 Å². The maximum Gasteiger partial charge on any atom is 0.255 e. The van der Waals surface area contributed by atoms with Crippen molar-refractivity contribution in [3.8, 4) is 11.3 Å². The number of ether oxygens (including phenoxy) is 1. The van der Waals surface area contributed by atoms with Crippen molar-refractivity contribution in [2.24, 2.45) is 0 Å². The van der Waals surface area contributed by atoms with Gasteiger partial charge in [0.15, 0.2) is 0 Å². The van der Waals surface area contributed by atoms with Crippen LogP contribution in [0.2, 0.25) is 0 Å². The quantitative estimate of drug-likeness (QED) is 0.413. The number of aliphatic hydroxyl groups is 1. The third kappa shape index (κ3) is 4.28. The number of β-amino-alcohol motifs (C(OH)–C–C–N with tert-alkyl or cyclic N) is 1. The smallest absolute Gasteiger partial charge is 0.255 e. The Morgan fingerprint density at radius 1 is 1.26 bits per heavy atom. The monoisotopic (exact) mass is 517 g/mol. The van der Waals surface area contributed by atoms with Gasteiger partial charge in [-0.25, -0.2) is 4.98 Å². The number of likely N-dealkylation sites (N-methyl/N-ethyl adjacent to an activating group) is 1. The van der Waals surface area contributed by atoms with Crippen molar-refractivity contribution in [3.63, 3.8) is 0 Å². The van der Waals surface area contributed by atoms with Crippen LogP contribution in [0.25, 0.3) is 22.3 Å². The Kier molecular flexibility index (Phi) is 6.46. The molecule has 1 unspecified atom stereocenters. The van der Waals surface area contributed by atoms with Crippen molar-refractivity contribution in [3.05, 3.63) is 53.2 Å². The van der Waals surface area contributed by atoms with Crippen LogP contribution in [0.1, 0.15) is 40.4 Å². The normalized spacial score (nSPS) is 18.8. The minimum atomic E-state index is -0.700. The fourth-order valence-electron chi connectivity index (χ4n) is 5.64. The molecule has 1 aromatic carbocycles. The molecule has 0 saturated carbocycles. The highest BCUT2D eigenvalue weighted by molar-refractivity contribution is 6.01. The molecule has 3 aliphatic heterocycles. The van der Waals surface area contributed by atoms with Crippen LogP contribution in [0.4, 0.5) is 0 Å². The molecule has 10 heteroatoms. The van der Waals surface area contributed by atoms with E-state index < -0.39 is 6.04 Å². The van der Waals surface area contributed by atoms with Crippen LogP contribution in [0.3, 0.4) is 0 Å². The van der Waals surface area contributed by atoms with Crippen LogP contribution in [-0.4, -0.2) is 88.1 Å². The molecule has 0 aliphatic carbocycles. The number of fused-ring (bicyclic) bond motifs is 2. The molecule has 3 aliphatic rings. The number of carbonyl (C=O) groups is 3. The lowest BCUT2D eigenvalue weighted by Crippen LogP contribution is -2.49. The second kappa shape index (κ2) is 9.94. The van der Waals surface area contributed by atoms with E-state index in [0.29, 0.717) is 38.4 Å². The predicted octanol–water partition coefficient (Wildman–Crippen LogP) is 1.50. The van der Waals surface area contributed by atoms with Crippen molar-refractivity contribution in [2.45, 2.75) is 44.1 Å². The summed E-state index contributed by atoms with van der Waals surface area (Å²) >= 11 is 0. The highest BCUT2D eigenvalue weighted by Gasteiger charge is 2.36. The summed E-state index contributed by atoms with van der Waals surface area (Å²) in [5.41, 5.74) is 5.16. The number of rotatable bonds is 9. The number of pyridine rings is 1. The average Bonchev–Trinajstić information content (AvgIpc) is 3.43. The van der Waals surface area contributed by atoms with E-state index in [9.17, 15) is 19.5 Å². The van der Waals surface area contributed by atoms with Crippen LogP contribution >= 0.6 is 0 Å². The summed E-state index contributed by atoms with van der Waals surface area (Å²) in [5, 5.41) is 13.5. The Hall–Kier alpha value is -3.60. The molecule has 198 valence electrons. The first-order valence-electron chi connectivity index (χ1n) is 13.0. The lowest BCUT2D eigenvalue weighted by molar-refractivity contribution is -0.125. The molecule has 5 heterocycles. The minimum Gasteiger partial charge on any atom is -0.390 e. The van der Waals surface area contributed by atoms with Crippen LogP contribution < -0.4 is 5.32 Å². The SMILES string of the molecule is CNC(=O)C(CCC=O)N1Cc2cc(-c3cc(CN4CC(O)C4)c4ccn(C5COC5)c4n3)ccc2C1=O. The van der Waals surface area contributed by atoms with Gasteiger partial charge in [0.1, 0.15) is 18.0 Å². The maximum absolute atomic E-state index is 13.2. The first-order valence-corrected chi connectivity index (χ1v) is 13.0. The lowest BCUT2D eigenvalue weighted by Gasteiger charge is -2.36. The highest BCUT2D eigenvalue weighted by Crippen LogP contribution is 2.34.